The summed E-state index contributed by atoms with van der Waals surface area (Å²) in [5, 5.41) is 14.0. The summed E-state index contributed by atoms with van der Waals surface area (Å²) in [6.07, 6.45) is 1.63. The molecule has 3 aromatic carbocycles. The molecule has 0 spiro atoms. The van der Waals surface area contributed by atoms with E-state index in [1.165, 1.54) is 0 Å². The van der Waals surface area contributed by atoms with Gasteiger partial charge in [-0.1, -0.05) is 42.5 Å². The van der Waals surface area contributed by atoms with Crippen LogP contribution < -0.4 is 11.1 Å². The molecule has 4 rings (SSSR count). The van der Waals surface area contributed by atoms with Crippen LogP contribution >= 0.6 is 0 Å². The summed E-state index contributed by atoms with van der Waals surface area (Å²) >= 11 is 0. The fraction of sp³-hybridized carbons (Fsp3) is 0.0952. The summed E-state index contributed by atoms with van der Waals surface area (Å²) in [6, 6.07) is 21.5. The number of rotatable bonds is 4. The molecule has 0 radical (unpaired) electrons. The Morgan fingerprint density at radius 1 is 0.962 bits per heavy atom. The summed E-state index contributed by atoms with van der Waals surface area (Å²) in [7, 11) is 0. The summed E-state index contributed by atoms with van der Waals surface area (Å²) in [6.45, 7) is 0.239. The van der Waals surface area contributed by atoms with E-state index < -0.39 is 5.92 Å². The molecular weight excluding hydrogens is 324 g/mol. The summed E-state index contributed by atoms with van der Waals surface area (Å²) in [5.74, 6) is -0.532. The van der Waals surface area contributed by atoms with E-state index in [1.54, 1.807) is 6.20 Å². The zero-order chi connectivity index (χ0) is 17.9. The Morgan fingerprint density at radius 2 is 1.81 bits per heavy atom. The minimum absolute atomic E-state index is 0.121. The van der Waals surface area contributed by atoms with Crippen molar-refractivity contribution in [1.82, 2.24) is 10.2 Å². The maximum absolute atomic E-state index is 12.8. The fourth-order valence-electron chi connectivity index (χ4n) is 3.11. The van der Waals surface area contributed by atoms with Gasteiger partial charge in [-0.05, 0) is 40.6 Å². The van der Waals surface area contributed by atoms with Gasteiger partial charge in [-0.25, -0.2) is 0 Å². The lowest BCUT2D eigenvalue weighted by Gasteiger charge is -2.16. The third kappa shape index (κ3) is 3.12. The van der Waals surface area contributed by atoms with E-state index >= 15 is 0 Å². The molecule has 1 aromatic heterocycles. The zero-order valence-electron chi connectivity index (χ0n) is 14.1. The van der Waals surface area contributed by atoms with E-state index in [1.807, 2.05) is 60.7 Å². The molecule has 3 N–H and O–H groups in total. The normalized spacial score (nSPS) is 12.2. The minimum atomic E-state index is -0.411. The van der Waals surface area contributed by atoms with Crippen molar-refractivity contribution in [3.8, 4) is 0 Å². The molecule has 1 unspecified atom stereocenters. The molecule has 0 saturated carbocycles. The highest BCUT2D eigenvalue weighted by Gasteiger charge is 2.19. The maximum Gasteiger partial charge on any atom is 0.233 e. The van der Waals surface area contributed by atoms with E-state index in [2.05, 4.69) is 21.6 Å². The summed E-state index contributed by atoms with van der Waals surface area (Å²) < 4.78 is 0. The molecule has 0 aliphatic rings. The first-order valence-corrected chi connectivity index (χ1v) is 8.46. The van der Waals surface area contributed by atoms with Gasteiger partial charge >= 0.3 is 0 Å². The monoisotopic (exact) mass is 342 g/mol. The van der Waals surface area contributed by atoms with Crippen LogP contribution in [-0.4, -0.2) is 22.6 Å². The molecule has 1 amide bonds. The molecule has 26 heavy (non-hydrogen) atoms. The van der Waals surface area contributed by atoms with Crippen LogP contribution in [0.15, 0.2) is 72.9 Å². The molecule has 0 aliphatic heterocycles. The highest BCUT2D eigenvalue weighted by Crippen LogP contribution is 2.24. The summed E-state index contributed by atoms with van der Waals surface area (Å²) in [4.78, 5) is 12.8. The van der Waals surface area contributed by atoms with Crippen molar-refractivity contribution in [3.63, 3.8) is 0 Å². The molecule has 0 aliphatic carbocycles. The Hall–Kier alpha value is -3.31. The van der Waals surface area contributed by atoms with Crippen molar-refractivity contribution in [2.24, 2.45) is 5.73 Å². The lowest BCUT2D eigenvalue weighted by Crippen LogP contribution is -2.27. The Labute approximate surface area is 150 Å². The van der Waals surface area contributed by atoms with Gasteiger partial charge in [-0.3, -0.25) is 4.79 Å². The predicted octanol–water partition coefficient (Wildman–Crippen LogP) is 3.46. The number of anilines is 1. The number of nitrogens with one attached hydrogen (secondary N) is 1. The lowest BCUT2D eigenvalue weighted by atomic mass is 9.95. The van der Waals surface area contributed by atoms with Gasteiger partial charge in [0.15, 0.2) is 0 Å². The second-order valence-corrected chi connectivity index (χ2v) is 6.19. The Bertz CT molecular complexity index is 1090. The highest BCUT2D eigenvalue weighted by molar-refractivity contribution is 5.98. The highest BCUT2D eigenvalue weighted by atomic mass is 16.1. The van der Waals surface area contributed by atoms with Gasteiger partial charge in [0.1, 0.15) is 0 Å². The number of benzene rings is 3. The Morgan fingerprint density at radius 3 is 2.65 bits per heavy atom. The van der Waals surface area contributed by atoms with Gasteiger partial charge < -0.3 is 11.1 Å². The molecule has 5 heteroatoms. The van der Waals surface area contributed by atoms with Crippen molar-refractivity contribution in [2.75, 3.05) is 11.9 Å². The van der Waals surface area contributed by atoms with E-state index in [0.717, 1.165) is 32.9 Å². The van der Waals surface area contributed by atoms with E-state index in [0.29, 0.717) is 0 Å². The molecule has 5 nitrogen and oxygen atoms in total. The molecule has 0 fully saturated rings. The number of aromatic nitrogens is 2. The van der Waals surface area contributed by atoms with Crippen LogP contribution in [0.25, 0.3) is 21.7 Å². The lowest BCUT2D eigenvalue weighted by molar-refractivity contribution is -0.117. The van der Waals surface area contributed by atoms with Gasteiger partial charge in [-0.2, -0.15) is 10.2 Å². The van der Waals surface area contributed by atoms with Crippen LogP contribution in [0.2, 0.25) is 0 Å². The van der Waals surface area contributed by atoms with Crippen LogP contribution in [0.5, 0.6) is 0 Å². The average molecular weight is 342 g/mol. The van der Waals surface area contributed by atoms with Crippen LogP contribution in [-0.2, 0) is 4.79 Å². The number of hydrogen-bond donors (Lipinski definition) is 2. The number of fused-ring (bicyclic) bond motifs is 2. The van der Waals surface area contributed by atoms with Crippen molar-refractivity contribution >= 4 is 33.3 Å². The molecule has 4 aromatic rings. The van der Waals surface area contributed by atoms with E-state index in [9.17, 15) is 4.79 Å². The smallest absolute Gasteiger partial charge is 0.233 e. The van der Waals surface area contributed by atoms with E-state index in [4.69, 9.17) is 5.73 Å². The standard InChI is InChI=1S/C21H18N4O/c22-13-19(16-6-5-14-3-1-2-4-15(14)11-16)21(26)24-18-7-8-20-17(12-18)9-10-23-25-20/h1-12,19H,13,22H2,(H,24,26). The average Bonchev–Trinajstić information content (AvgIpc) is 2.68. The molecule has 128 valence electrons. The van der Waals surface area contributed by atoms with Gasteiger partial charge in [0, 0.05) is 17.6 Å². The van der Waals surface area contributed by atoms with Gasteiger partial charge in [0.2, 0.25) is 5.91 Å². The zero-order valence-corrected chi connectivity index (χ0v) is 14.1. The fourth-order valence-corrected chi connectivity index (χ4v) is 3.11. The third-order valence-electron chi connectivity index (χ3n) is 4.51. The Kier molecular flexibility index (Phi) is 4.29. The number of amides is 1. The molecule has 1 atom stereocenters. The molecule has 0 saturated heterocycles. The SMILES string of the molecule is NCC(C(=O)Nc1ccc2nnccc2c1)c1ccc2ccccc2c1. The van der Waals surface area contributed by atoms with Crippen molar-refractivity contribution in [3.05, 3.63) is 78.5 Å². The van der Waals surface area contributed by atoms with Crippen LogP contribution in [0.3, 0.4) is 0 Å². The van der Waals surface area contributed by atoms with Crippen LogP contribution in [0.1, 0.15) is 11.5 Å². The van der Waals surface area contributed by atoms with Gasteiger partial charge in [0.05, 0.1) is 17.6 Å². The quantitative estimate of drug-likeness (QED) is 0.595. The maximum atomic E-state index is 12.8. The second-order valence-electron chi connectivity index (χ2n) is 6.19. The molecule has 1 heterocycles. The van der Waals surface area contributed by atoms with Crippen molar-refractivity contribution < 1.29 is 4.79 Å². The van der Waals surface area contributed by atoms with Crippen molar-refractivity contribution in [1.29, 1.82) is 0 Å². The molecule has 0 bridgehead atoms. The first-order valence-electron chi connectivity index (χ1n) is 8.46. The number of hydrogen-bond acceptors (Lipinski definition) is 4. The second kappa shape index (κ2) is 6.90. The minimum Gasteiger partial charge on any atom is -0.329 e. The first-order chi connectivity index (χ1) is 12.7. The largest absolute Gasteiger partial charge is 0.329 e. The topological polar surface area (TPSA) is 80.9 Å². The Balaban J connectivity index is 1.61. The first kappa shape index (κ1) is 16.2. The van der Waals surface area contributed by atoms with Gasteiger partial charge in [-0.15, -0.1) is 0 Å². The predicted molar refractivity (Wildman–Crippen MR) is 104 cm³/mol. The van der Waals surface area contributed by atoms with Crippen molar-refractivity contribution in [2.45, 2.75) is 5.92 Å². The van der Waals surface area contributed by atoms with Crippen LogP contribution in [0, 0.1) is 0 Å². The number of nitrogens with two attached hydrogens (primary N) is 1. The van der Waals surface area contributed by atoms with E-state index in [-0.39, 0.29) is 12.5 Å². The van der Waals surface area contributed by atoms with Crippen LogP contribution in [0.4, 0.5) is 5.69 Å². The third-order valence-corrected chi connectivity index (χ3v) is 4.51. The summed E-state index contributed by atoms with van der Waals surface area (Å²) in [5.41, 5.74) is 8.33. The number of nitrogens with zero attached hydrogens (tertiary/aromatic N) is 2. The van der Waals surface area contributed by atoms with Gasteiger partial charge in [0.25, 0.3) is 0 Å². The molecular formula is C21H18N4O. The number of carbonyl (C=O) groups excluding carboxylic acids is 1. The number of carbonyl (C=O) groups is 1.